The van der Waals surface area contributed by atoms with Gasteiger partial charge >= 0.3 is 0 Å². The molecule has 108 valence electrons. The van der Waals surface area contributed by atoms with Crippen molar-refractivity contribution in [1.82, 2.24) is 15.5 Å². The first kappa shape index (κ1) is 13.1. The van der Waals surface area contributed by atoms with E-state index in [2.05, 4.69) is 20.4 Å². The van der Waals surface area contributed by atoms with Gasteiger partial charge in [-0.15, -0.1) is 10.2 Å². The predicted molar refractivity (Wildman–Crippen MR) is 74.7 cm³/mol. The summed E-state index contributed by atoms with van der Waals surface area (Å²) in [5.41, 5.74) is 0. The molecule has 1 saturated heterocycles. The van der Waals surface area contributed by atoms with Gasteiger partial charge in [-0.05, 0) is 31.7 Å². The molecule has 20 heavy (non-hydrogen) atoms. The molecule has 1 amide bonds. The smallest absolute Gasteiger partial charge is 0.233 e. The Morgan fingerprint density at radius 2 is 2.20 bits per heavy atom. The van der Waals surface area contributed by atoms with Gasteiger partial charge in [-0.25, -0.2) is 0 Å². The van der Waals surface area contributed by atoms with Gasteiger partial charge in [0.15, 0.2) is 5.82 Å². The minimum Gasteiger partial charge on any atom is -0.480 e. The van der Waals surface area contributed by atoms with Crippen molar-refractivity contribution >= 4 is 11.7 Å². The fourth-order valence-corrected chi connectivity index (χ4v) is 2.54. The quantitative estimate of drug-likeness (QED) is 0.888. The Hall–Kier alpha value is -1.85. The van der Waals surface area contributed by atoms with E-state index < -0.39 is 0 Å². The molecule has 2 fully saturated rings. The lowest BCUT2D eigenvalue weighted by atomic mass is 9.97. The first-order valence-corrected chi connectivity index (χ1v) is 7.19. The summed E-state index contributed by atoms with van der Waals surface area (Å²) in [6.07, 6.45) is 4.23. The van der Waals surface area contributed by atoms with Crippen LogP contribution in [-0.2, 0) is 4.79 Å². The van der Waals surface area contributed by atoms with Crippen molar-refractivity contribution in [2.45, 2.75) is 31.7 Å². The fraction of sp³-hybridized carbons (Fsp3) is 0.643. The van der Waals surface area contributed by atoms with Gasteiger partial charge in [-0.1, -0.05) is 0 Å². The molecule has 1 aromatic heterocycles. The number of nitrogens with zero attached hydrogens (tertiary/aromatic N) is 3. The first-order valence-electron chi connectivity index (χ1n) is 7.19. The molecule has 1 aliphatic heterocycles. The molecular weight excluding hydrogens is 256 g/mol. The number of ether oxygens (including phenoxy) is 1. The molecule has 1 aromatic rings. The highest BCUT2D eigenvalue weighted by Crippen LogP contribution is 2.24. The fourth-order valence-electron chi connectivity index (χ4n) is 2.54. The summed E-state index contributed by atoms with van der Waals surface area (Å²) in [7, 11) is 1.57. The van der Waals surface area contributed by atoms with Gasteiger partial charge in [-0.2, -0.15) is 0 Å². The average molecular weight is 276 g/mol. The summed E-state index contributed by atoms with van der Waals surface area (Å²) < 4.78 is 5.01. The Labute approximate surface area is 118 Å². The predicted octanol–water partition coefficient (Wildman–Crippen LogP) is 0.980. The summed E-state index contributed by atoms with van der Waals surface area (Å²) in [6, 6.07) is 4.13. The molecule has 0 radical (unpaired) electrons. The second kappa shape index (κ2) is 5.64. The number of anilines is 1. The van der Waals surface area contributed by atoms with Gasteiger partial charge in [0.2, 0.25) is 11.8 Å². The maximum atomic E-state index is 12.1. The maximum Gasteiger partial charge on any atom is 0.233 e. The summed E-state index contributed by atoms with van der Waals surface area (Å²) in [5.74, 6) is 1.58. The van der Waals surface area contributed by atoms with Crippen LogP contribution >= 0.6 is 0 Å². The minimum absolute atomic E-state index is 0.0632. The van der Waals surface area contributed by atoms with Crippen LogP contribution < -0.4 is 15.0 Å². The SMILES string of the molecule is COc1ccc(N2CCCC(C(=O)NC3CC3)C2)nn1. The molecule has 6 heteroatoms. The third kappa shape index (κ3) is 3.00. The second-order valence-corrected chi connectivity index (χ2v) is 5.50. The molecule has 0 spiro atoms. The van der Waals surface area contributed by atoms with E-state index in [1.165, 1.54) is 0 Å². The Morgan fingerprint density at radius 1 is 1.35 bits per heavy atom. The zero-order valence-electron chi connectivity index (χ0n) is 11.7. The Kier molecular flexibility index (Phi) is 3.71. The highest BCUT2D eigenvalue weighted by Gasteiger charge is 2.30. The van der Waals surface area contributed by atoms with Gasteiger partial charge in [0, 0.05) is 25.2 Å². The summed E-state index contributed by atoms with van der Waals surface area (Å²) >= 11 is 0. The average Bonchev–Trinajstić information content (AvgIpc) is 3.31. The van der Waals surface area contributed by atoms with Crippen molar-refractivity contribution in [3.05, 3.63) is 12.1 Å². The number of hydrogen-bond donors (Lipinski definition) is 1. The van der Waals surface area contributed by atoms with Crippen LogP contribution in [0.2, 0.25) is 0 Å². The Morgan fingerprint density at radius 3 is 2.85 bits per heavy atom. The summed E-state index contributed by atoms with van der Waals surface area (Å²) in [5, 5.41) is 11.2. The van der Waals surface area contributed by atoms with Crippen LogP contribution in [0.25, 0.3) is 0 Å². The van der Waals surface area contributed by atoms with Gasteiger partial charge in [0.05, 0.1) is 13.0 Å². The van der Waals surface area contributed by atoms with Crippen LogP contribution in [0, 0.1) is 5.92 Å². The molecule has 1 saturated carbocycles. The van der Waals surface area contributed by atoms with Crippen molar-refractivity contribution < 1.29 is 9.53 Å². The second-order valence-electron chi connectivity index (χ2n) is 5.50. The number of amides is 1. The zero-order valence-corrected chi connectivity index (χ0v) is 11.7. The highest BCUT2D eigenvalue weighted by molar-refractivity contribution is 5.80. The van der Waals surface area contributed by atoms with Gasteiger partial charge in [0.1, 0.15) is 0 Å². The highest BCUT2D eigenvalue weighted by atomic mass is 16.5. The normalized spacial score (nSPS) is 22.4. The Bertz CT molecular complexity index is 473. The van der Waals surface area contributed by atoms with Crippen molar-refractivity contribution in [2.75, 3.05) is 25.1 Å². The van der Waals surface area contributed by atoms with Crippen LogP contribution in [0.1, 0.15) is 25.7 Å². The minimum atomic E-state index is 0.0632. The molecule has 1 atom stereocenters. The maximum absolute atomic E-state index is 12.1. The van der Waals surface area contributed by atoms with E-state index in [-0.39, 0.29) is 11.8 Å². The number of carbonyl (C=O) groups excluding carboxylic acids is 1. The van der Waals surface area contributed by atoms with Crippen LogP contribution in [0.5, 0.6) is 5.88 Å². The molecule has 1 aliphatic carbocycles. The van der Waals surface area contributed by atoms with Crippen LogP contribution in [0.15, 0.2) is 12.1 Å². The van der Waals surface area contributed by atoms with E-state index in [0.29, 0.717) is 11.9 Å². The van der Waals surface area contributed by atoms with E-state index in [4.69, 9.17) is 4.74 Å². The first-order chi connectivity index (χ1) is 9.76. The topological polar surface area (TPSA) is 67.3 Å². The van der Waals surface area contributed by atoms with E-state index >= 15 is 0 Å². The number of nitrogens with one attached hydrogen (secondary N) is 1. The standard InChI is InChI=1S/C14H20N4O2/c1-20-13-7-6-12(16-17-13)18-8-2-3-10(9-18)14(19)15-11-4-5-11/h6-7,10-11H,2-5,8-9H2,1H3,(H,15,19). The molecule has 0 bridgehead atoms. The lowest BCUT2D eigenvalue weighted by Gasteiger charge is -2.32. The number of piperidine rings is 1. The summed E-state index contributed by atoms with van der Waals surface area (Å²) in [6.45, 7) is 1.65. The number of aromatic nitrogens is 2. The van der Waals surface area contributed by atoms with E-state index in [1.807, 2.05) is 6.07 Å². The molecule has 2 heterocycles. The van der Waals surface area contributed by atoms with Crippen LogP contribution in [0.4, 0.5) is 5.82 Å². The zero-order chi connectivity index (χ0) is 13.9. The van der Waals surface area contributed by atoms with Gasteiger partial charge in [0.25, 0.3) is 0 Å². The molecule has 2 aliphatic rings. The number of methoxy groups -OCH3 is 1. The molecular formula is C14H20N4O2. The number of rotatable bonds is 4. The van der Waals surface area contributed by atoms with E-state index in [0.717, 1.165) is 44.6 Å². The third-order valence-electron chi connectivity index (χ3n) is 3.88. The third-order valence-corrected chi connectivity index (χ3v) is 3.88. The summed E-state index contributed by atoms with van der Waals surface area (Å²) in [4.78, 5) is 14.3. The van der Waals surface area contributed by atoms with Crippen molar-refractivity contribution in [3.8, 4) is 5.88 Å². The molecule has 1 N–H and O–H groups in total. The number of carbonyl (C=O) groups is 1. The lowest BCUT2D eigenvalue weighted by Crippen LogP contribution is -2.44. The van der Waals surface area contributed by atoms with Crippen LogP contribution in [0.3, 0.4) is 0 Å². The lowest BCUT2D eigenvalue weighted by molar-refractivity contribution is -0.125. The van der Waals surface area contributed by atoms with Crippen LogP contribution in [-0.4, -0.2) is 42.3 Å². The molecule has 0 aromatic carbocycles. The van der Waals surface area contributed by atoms with Gasteiger partial charge < -0.3 is 15.0 Å². The number of hydrogen-bond acceptors (Lipinski definition) is 5. The van der Waals surface area contributed by atoms with Gasteiger partial charge in [-0.3, -0.25) is 4.79 Å². The van der Waals surface area contributed by atoms with E-state index in [1.54, 1.807) is 13.2 Å². The Balaban J connectivity index is 1.62. The van der Waals surface area contributed by atoms with Crippen molar-refractivity contribution in [1.29, 1.82) is 0 Å². The van der Waals surface area contributed by atoms with Crippen molar-refractivity contribution in [3.63, 3.8) is 0 Å². The molecule has 6 nitrogen and oxygen atoms in total. The van der Waals surface area contributed by atoms with Crippen molar-refractivity contribution in [2.24, 2.45) is 5.92 Å². The molecule has 1 unspecified atom stereocenters. The van der Waals surface area contributed by atoms with E-state index in [9.17, 15) is 4.79 Å². The monoisotopic (exact) mass is 276 g/mol. The largest absolute Gasteiger partial charge is 0.480 e. The molecule has 3 rings (SSSR count).